The smallest absolute Gasteiger partial charge is 0.246 e. The van der Waals surface area contributed by atoms with Gasteiger partial charge in [-0.25, -0.2) is 0 Å². The van der Waals surface area contributed by atoms with E-state index in [-0.39, 0.29) is 24.5 Å². The molecule has 0 saturated carbocycles. The van der Waals surface area contributed by atoms with E-state index in [9.17, 15) is 9.59 Å². The van der Waals surface area contributed by atoms with Gasteiger partial charge in [0.2, 0.25) is 11.8 Å². The van der Waals surface area contributed by atoms with Gasteiger partial charge in [-0.05, 0) is 17.7 Å². The molecule has 0 spiro atoms. The summed E-state index contributed by atoms with van der Waals surface area (Å²) in [5, 5.41) is 2.87. The van der Waals surface area contributed by atoms with Crippen LogP contribution in [0.2, 0.25) is 0 Å². The van der Waals surface area contributed by atoms with Crippen molar-refractivity contribution in [1.29, 1.82) is 0 Å². The number of carbonyl (C=O) groups excluding carboxylic acids is 2. The van der Waals surface area contributed by atoms with E-state index in [0.717, 1.165) is 11.3 Å². The molecule has 1 heterocycles. The molecular formula is C19H20N2O3. The van der Waals surface area contributed by atoms with Crippen molar-refractivity contribution in [2.75, 3.05) is 18.1 Å². The molecule has 5 nitrogen and oxygen atoms in total. The van der Waals surface area contributed by atoms with E-state index >= 15 is 0 Å². The SMILES string of the molecule is O=C(COCc1ccccc1)N[C@H]1CC(=O)N(c2ccccc2)C1. The molecule has 3 rings (SSSR count). The maximum Gasteiger partial charge on any atom is 0.246 e. The Morgan fingerprint density at radius 2 is 1.75 bits per heavy atom. The number of ether oxygens (including phenoxy) is 1. The zero-order valence-electron chi connectivity index (χ0n) is 13.4. The Kier molecular flexibility index (Phi) is 5.23. The highest BCUT2D eigenvalue weighted by Crippen LogP contribution is 2.20. The summed E-state index contributed by atoms with van der Waals surface area (Å²) >= 11 is 0. The van der Waals surface area contributed by atoms with Crippen LogP contribution in [0.1, 0.15) is 12.0 Å². The number of para-hydroxylation sites is 1. The molecule has 24 heavy (non-hydrogen) atoms. The summed E-state index contributed by atoms with van der Waals surface area (Å²) in [6.07, 6.45) is 0.319. The van der Waals surface area contributed by atoms with Crippen molar-refractivity contribution in [3.8, 4) is 0 Å². The summed E-state index contributed by atoms with van der Waals surface area (Å²) in [6, 6.07) is 19.0. The highest BCUT2D eigenvalue weighted by Gasteiger charge is 2.31. The number of rotatable bonds is 6. The molecule has 124 valence electrons. The number of hydrogen-bond donors (Lipinski definition) is 1. The number of hydrogen-bond acceptors (Lipinski definition) is 3. The molecule has 0 bridgehead atoms. The van der Waals surface area contributed by atoms with Crippen molar-refractivity contribution in [2.24, 2.45) is 0 Å². The molecule has 1 N–H and O–H groups in total. The highest BCUT2D eigenvalue weighted by molar-refractivity contribution is 5.96. The molecule has 1 fully saturated rings. The van der Waals surface area contributed by atoms with Crippen LogP contribution in [0.15, 0.2) is 60.7 Å². The molecule has 2 amide bonds. The lowest BCUT2D eigenvalue weighted by Gasteiger charge is -2.17. The molecule has 1 atom stereocenters. The summed E-state index contributed by atoms with van der Waals surface area (Å²) in [5.41, 5.74) is 1.89. The quantitative estimate of drug-likeness (QED) is 0.885. The highest BCUT2D eigenvalue weighted by atomic mass is 16.5. The van der Waals surface area contributed by atoms with Crippen LogP contribution in [0.3, 0.4) is 0 Å². The molecule has 5 heteroatoms. The van der Waals surface area contributed by atoms with Gasteiger partial charge >= 0.3 is 0 Å². The molecule has 0 unspecified atom stereocenters. The minimum absolute atomic E-state index is 0.00901. The molecule has 1 aliphatic heterocycles. The Morgan fingerprint density at radius 3 is 2.46 bits per heavy atom. The first-order valence-electron chi connectivity index (χ1n) is 7.99. The maximum atomic E-state index is 12.1. The van der Waals surface area contributed by atoms with Crippen LogP contribution in [0, 0.1) is 0 Å². The second-order valence-corrected chi connectivity index (χ2v) is 5.79. The topological polar surface area (TPSA) is 58.6 Å². The third-order valence-corrected chi connectivity index (χ3v) is 3.90. The van der Waals surface area contributed by atoms with E-state index < -0.39 is 0 Å². The van der Waals surface area contributed by atoms with Crippen LogP contribution < -0.4 is 10.2 Å². The molecule has 2 aromatic carbocycles. The third kappa shape index (κ3) is 4.20. The first-order chi connectivity index (χ1) is 11.7. The van der Waals surface area contributed by atoms with Crippen molar-refractivity contribution >= 4 is 17.5 Å². The van der Waals surface area contributed by atoms with Gasteiger partial charge in [0, 0.05) is 18.7 Å². The van der Waals surface area contributed by atoms with Gasteiger partial charge in [-0.1, -0.05) is 48.5 Å². The first-order valence-corrected chi connectivity index (χ1v) is 7.99. The zero-order valence-corrected chi connectivity index (χ0v) is 13.4. The van der Waals surface area contributed by atoms with Gasteiger partial charge in [-0.2, -0.15) is 0 Å². The Balaban J connectivity index is 1.45. The van der Waals surface area contributed by atoms with Gasteiger partial charge in [0.05, 0.1) is 12.6 Å². The molecule has 0 aliphatic carbocycles. The molecule has 0 aromatic heterocycles. The van der Waals surface area contributed by atoms with Gasteiger partial charge < -0.3 is 15.0 Å². The predicted molar refractivity (Wildman–Crippen MR) is 91.4 cm³/mol. The summed E-state index contributed by atoms with van der Waals surface area (Å²) in [4.78, 5) is 25.8. The van der Waals surface area contributed by atoms with Crippen LogP contribution in [0.25, 0.3) is 0 Å². The maximum absolute atomic E-state index is 12.1. The molecule has 2 aromatic rings. The fraction of sp³-hybridized carbons (Fsp3) is 0.263. The van der Waals surface area contributed by atoms with Crippen LogP contribution >= 0.6 is 0 Å². The van der Waals surface area contributed by atoms with Crippen molar-refractivity contribution in [3.05, 3.63) is 66.2 Å². The van der Waals surface area contributed by atoms with E-state index in [4.69, 9.17) is 4.74 Å². The lowest BCUT2D eigenvalue weighted by Crippen LogP contribution is -2.39. The Hall–Kier alpha value is -2.66. The summed E-state index contributed by atoms with van der Waals surface area (Å²) in [7, 11) is 0. The van der Waals surface area contributed by atoms with Crippen LogP contribution in [-0.2, 0) is 20.9 Å². The second kappa shape index (κ2) is 7.75. The van der Waals surface area contributed by atoms with E-state index in [1.54, 1.807) is 4.90 Å². The predicted octanol–water partition coefficient (Wildman–Crippen LogP) is 2.12. The van der Waals surface area contributed by atoms with Crippen LogP contribution in [0.5, 0.6) is 0 Å². The number of carbonyl (C=O) groups is 2. The Morgan fingerprint density at radius 1 is 1.08 bits per heavy atom. The van der Waals surface area contributed by atoms with Crippen molar-refractivity contribution in [2.45, 2.75) is 19.1 Å². The average Bonchev–Trinajstić information content (AvgIpc) is 2.97. The van der Waals surface area contributed by atoms with Gasteiger partial charge in [0.15, 0.2) is 0 Å². The number of nitrogens with zero attached hydrogens (tertiary/aromatic N) is 1. The Labute approximate surface area is 141 Å². The minimum atomic E-state index is -0.196. The largest absolute Gasteiger partial charge is 0.367 e. The number of anilines is 1. The average molecular weight is 324 g/mol. The van der Waals surface area contributed by atoms with Gasteiger partial charge in [0.25, 0.3) is 0 Å². The number of amides is 2. The molecular weight excluding hydrogens is 304 g/mol. The summed E-state index contributed by atoms with van der Waals surface area (Å²) in [6.45, 7) is 0.881. The minimum Gasteiger partial charge on any atom is -0.367 e. The van der Waals surface area contributed by atoms with Gasteiger partial charge in [-0.3, -0.25) is 9.59 Å². The van der Waals surface area contributed by atoms with Crippen LogP contribution in [0.4, 0.5) is 5.69 Å². The molecule has 1 saturated heterocycles. The second-order valence-electron chi connectivity index (χ2n) is 5.79. The first kappa shape index (κ1) is 16.2. The van der Waals surface area contributed by atoms with Crippen LogP contribution in [-0.4, -0.2) is 31.0 Å². The molecule has 1 aliphatic rings. The van der Waals surface area contributed by atoms with E-state index in [1.807, 2.05) is 60.7 Å². The fourth-order valence-corrected chi connectivity index (χ4v) is 2.77. The van der Waals surface area contributed by atoms with E-state index in [0.29, 0.717) is 19.6 Å². The lowest BCUT2D eigenvalue weighted by atomic mass is 10.2. The van der Waals surface area contributed by atoms with Gasteiger partial charge in [-0.15, -0.1) is 0 Å². The van der Waals surface area contributed by atoms with Crippen molar-refractivity contribution < 1.29 is 14.3 Å². The summed E-state index contributed by atoms with van der Waals surface area (Å²) < 4.78 is 5.42. The lowest BCUT2D eigenvalue weighted by molar-refractivity contribution is -0.126. The van der Waals surface area contributed by atoms with E-state index in [1.165, 1.54) is 0 Å². The third-order valence-electron chi connectivity index (χ3n) is 3.90. The monoisotopic (exact) mass is 324 g/mol. The van der Waals surface area contributed by atoms with Crippen molar-refractivity contribution in [1.82, 2.24) is 5.32 Å². The fourth-order valence-electron chi connectivity index (χ4n) is 2.77. The normalized spacial score (nSPS) is 17.1. The standard InChI is InChI=1S/C19H20N2O3/c22-18(14-24-13-15-7-3-1-4-8-15)20-16-11-19(23)21(12-16)17-9-5-2-6-10-17/h1-10,16H,11-14H2,(H,20,22)/t16-/m0/s1. The molecule has 0 radical (unpaired) electrons. The Bertz CT molecular complexity index is 688. The van der Waals surface area contributed by atoms with Gasteiger partial charge in [0.1, 0.15) is 6.61 Å². The summed E-state index contributed by atoms with van der Waals surface area (Å²) in [5.74, 6) is -0.171. The number of nitrogens with one attached hydrogen (secondary N) is 1. The van der Waals surface area contributed by atoms with Crippen molar-refractivity contribution in [3.63, 3.8) is 0 Å². The van der Waals surface area contributed by atoms with E-state index in [2.05, 4.69) is 5.32 Å². The zero-order chi connectivity index (χ0) is 16.8. The number of benzene rings is 2.